The number of pyridine rings is 1. The van der Waals surface area contributed by atoms with Gasteiger partial charge in [-0.2, -0.15) is 5.10 Å². The lowest BCUT2D eigenvalue weighted by Gasteiger charge is -2.36. The van der Waals surface area contributed by atoms with Crippen molar-refractivity contribution >= 4 is 38.9 Å². The Kier molecular flexibility index (Phi) is 10.8. The highest BCUT2D eigenvalue weighted by atomic mass is 28.4. The normalized spacial score (nSPS) is 13.1. The van der Waals surface area contributed by atoms with E-state index in [1.54, 1.807) is 43.3 Å². The van der Waals surface area contributed by atoms with Crippen LogP contribution in [0.5, 0.6) is 0 Å². The third-order valence-electron chi connectivity index (χ3n) is 8.62. The smallest absolute Gasteiger partial charge is 0.277 e. The highest BCUT2D eigenvalue weighted by Gasteiger charge is 2.37. The van der Waals surface area contributed by atoms with E-state index in [4.69, 9.17) is 14.3 Å². The van der Waals surface area contributed by atoms with Crippen molar-refractivity contribution in [3.8, 4) is 23.2 Å². The van der Waals surface area contributed by atoms with Gasteiger partial charge in [0.05, 0.1) is 16.9 Å². The fourth-order valence-corrected chi connectivity index (χ4v) is 6.37. The summed E-state index contributed by atoms with van der Waals surface area (Å²) in [5.74, 6) is 7.55. The molecule has 0 radical (unpaired) electrons. The second-order valence-electron chi connectivity index (χ2n) is 14.6. The maximum absolute atomic E-state index is 13.1. The molecular formula is C33H50N8O3Si2. The molecule has 0 amide bonds. The van der Waals surface area contributed by atoms with Crippen LogP contribution >= 0.6 is 0 Å². The summed E-state index contributed by atoms with van der Waals surface area (Å²) in [7, 11) is -1.33. The van der Waals surface area contributed by atoms with Gasteiger partial charge < -0.3 is 14.5 Å². The average Bonchev–Trinajstić information content (AvgIpc) is 3.46. The van der Waals surface area contributed by atoms with Crippen LogP contribution < -0.4 is 10.9 Å². The van der Waals surface area contributed by atoms with Gasteiger partial charge in [-0.15, -0.1) is 0 Å². The van der Waals surface area contributed by atoms with Crippen molar-refractivity contribution in [2.24, 2.45) is 7.05 Å². The van der Waals surface area contributed by atoms with E-state index in [0.29, 0.717) is 41.9 Å². The number of anilines is 2. The first-order valence-corrected chi connectivity index (χ1v) is 22.5. The number of rotatable bonds is 13. The first-order chi connectivity index (χ1) is 21.5. The Morgan fingerprint density at radius 3 is 2.50 bits per heavy atom. The number of fused-ring (bicyclic) bond motifs is 1. The van der Waals surface area contributed by atoms with Gasteiger partial charge in [0.25, 0.3) is 5.56 Å². The Labute approximate surface area is 274 Å². The number of ether oxygens (including phenoxy) is 1. The molecule has 13 heteroatoms. The summed E-state index contributed by atoms with van der Waals surface area (Å²) in [4.78, 5) is 26.8. The Morgan fingerprint density at radius 2 is 1.83 bits per heavy atom. The largest absolute Gasteiger partial charge is 0.417 e. The summed E-state index contributed by atoms with van der Waals surface area (Å²) < 4.78 is 17.6. The van der Waals surface area contributed by atoms with Gasteiger partial charge in [0.15, 0.2) is 14.1 Å². The molecule has 46 heavy (non-hydrogen) atoms. The van der Waals surface area contributed by atoms with E-state index in [9.17, 15) is 4.79 Å². The lowest BCUT2D eigenvalue weighted by atomic mass is 10.2. The number of nitrogens with one attached hydrogen (secondary N) is 1. The second-order valence-corrected chi connectivity index (χ2v) is 25.0. The standard InChI is InChI=1S/C33H50N8O3Si2/c1-12-13-27-25-21-35-30(20-28(25)41(38-27)24(2)15-17-44-46(10,11)33(3,4)5)36-29-14-16-34-31(37-29)26-22-40(39(6)32(26)42)23-43-18-19-45(7,8)9/h14,16,20-22,24H,15,17-19,23H2,1-11H3,(H,34,35,36,37)/t24-/m0/s1. The maximum atomic E-state index is 13.1. The topological polar surface area (TPSA) is 114 Å². The molecule has 0 saturated heterocycles. The van der Waals surface area contributed by atoms with Gasteiger partial charge in [0, 0.05) is 53.0 Å². The fourth-order valence-electron chi connectivity index (χ4n) is 4.56. The van der Waals surface area contributed by atoms with Crippen molar-refractivity contribution in [1.82, 2.24) is 34.1 Å². The molecular weight excluding hydrogens is 613 g/mol. The van der Waals surface area contributed by atoms with Crippen LogP contribution in [0.3, 0.4) is 0 Å². The number of nitrogens with zero attached hydrogens (tertiary/aromatic N) is 7. The molecule has 1 N–H and O–H groups in total. The zero-order valence-electron chi connectivity index (χ0n) is 29.4. The highest BCUT2D eigenvalue weighted by molar-refractivity contribution is 6.76. The monoisotopic (exact) mass is 662 g/mol. The van der Waals surface area contributed by atoms with Crippen LogP contribution in [0.15, 0.2) is 35.5 Å². The van der Waals surface area contributed by atoms with Gasteiger partial charge in [-0.1, -0.05) is 46.3 Å². The van der Waals surface area contributed by atoms with Gasteiger partial charge in [-0.05, 0) is 56.4 Å². The summed E-state index contributed by atoms with van der Waals surface area (Å²) in [6, 6.07) is 4.86. The zero-order chi connectivity index (χ0) is 33.9. The number of aromatic nitrogens is 7. The lowest BCUT2D eigenvalue weighted by molar-refractivity contribution is 0.0703. The van der Waals surface area contributed by atoms with Crippen LogP contribution in [0.25, 0.3) is 22.3 Å². The second kappa shape index (κ2) is 14.0. The number of hydrogen-bond donors (Lipinski definition) is 1. The summed E-state index contributed by atoms with van der Waals surface area (Å²) in [6.07, 6.45) is 5.99. The predicted octanol–water partition coefficient (Wildman–Crippen LogP) is 6.79. The molecule has 11 nitrogen and oxygen atoms in total. The molecule has 4 aromatic rings. The molecule has 248 valence electrons. The molecule has 0 unspecified atom stereocenters. The average molecular weight is 663 g/mol. The van der Waals surface area contributed by atoms with E-state index in [-0.39, 0.29) is 23.4 Å². The van der Waals surface area contributed by atoms with Gasteiger partial charge in [0.1, 0.15) is 29.6 Å². The van der Waals surface area contributed by atoms with Gasteiger partial charge in [-0.3, -0.25) is 18.8 Å². The minimum absolute atomic E-state index is 0.0837. The summed E-state index contributed by atoms with van der Waals surface area (Å²) in [5, 5.41) is 9.20. The Hall–Kier alpha value is -3.58. The van der Waals surface area contributed by atoms with Crippen LogP contribution in [0.2, 0.25) is 43.8 Å². The van der Waals surface area contributed by atoms with Gasteiger partial charge >= 0.3 is 0 Å². The summed E-state index contributed by atoms with van der Waals surface area (Å²) >= 11 is 0. The summed E-state index contributed by atoms with van der Waals surface area (Å²) in [6.45, 7) is 23.8. The van der Waals surface area contributed by atoms with Crippen LogP contribution in [0.4, 0.5) is 11.6 Å². The van der Waals surface area contributed by atoms with E-state index >= 15 is 0 Å². The first-order valence-electron chi connectivity index (χ1n) is 15.9. The van der Waals surface area contributed by atoms with E-state index < -0.39 is 16.4 Å². The number of hydrogen-bond acceptors (Lipinski definition) is 8. The molecule has 0 aromatic carbocycles. The van der Waals surface area contributed by atoms with Crippen LogP contribution in [0.1, 0.15) is 52.8 Å². The third-order valence-corrected chi connectivity index (χ3v) is 14.9. The first kappa shape index (κ1) is 35.3. The Morgan fingerprint density at radius 1 is 1.09 bits per heavy atom. The lowest BCUT2D eigenvalue weighted by Crippen LogP contribution is -2.41. The van der Waals surface area contributed by atoms with Gasteiger partial charge in [0.2, 0.25) is 0 Å². The molecule has 0 fully saturated rings. The SMILES string of the molecule is CC#Cc1nn([C@@H](C)CCO[Si](C)(C)C(C)(C)C)c2cc(Nc3ccnc(-c4cn(COCC[Si](C)(C)C)n(C)c4=O)n3)ncc12. The Balaban J connectivity index is 1.54. The van der Waals surface area contributed by atoms with Crippen LogP contribution in [0, 0.1) is 11.8 Å². The van der Waals surface area contributed by atoms with E-state index in [1.165, 1.54) is 4.68 Å². The van der Waals surface area contributed by atoms with E-state index in [0.717, 1.165) is 23.4 Å². The molecule has 4 aromatic heterocycles. The van der Waals surface area contributed by atoms with E-state index in [2.05, 4.69) is 92.5 Å². The van der Waals surface area contributed by atoms with Crippen molar-refractivity contribution in [3.63, 3.8) is 0 Å². The predicted molar refractivity (Wildman–Crippen MR) is 191 cm³/mol. The van der Waals surface area contributed by atoms with Gasteiger partial charge in [-0.25, -0.2) is 15.0 Å². The van der Waals surface area contributed by atoms with Crippen molar-refractivity contribution in [2.75, 3.05) is 18.5 Å². The van der Waals surface area contributed by atoms with Crippen molar-refractivity contribution in [3.05, 3.63) is 46.8 Å². The molecule has 1 atom stereocenters. The highest BCUT2D eigenvalue weighted by Crippen LogP contribution is 2.37. The molecule has 0 aliphatic carbocycles. The van der Waals surface area contributed by atoms with Crippen LogP contribution in [-0.4, -0.2) is 63.7 Å². The van der Waals surface area contributed by atoms with Crippen molar-refractivity contribution < 1.29 is 9.16 Å². The molecule has 0 saturated carbocycles. The third kappa shape index (κ3) is 8.41. The van der Waals surface area contributed by atoms with Crippen LogP contribution in [-0.2, 0) is 22.9 Å². The molecule has 0 bridgehead atoms. The van der Waals surface area contributed by atoms with Crippen molar-refractivity contribution in [1.29, 1.82) is 0 Å². The molecule has 0 aliphatic heterocycles. The minimum atomic E-state index is -1.85. The Bertz CT molecular complexity index is 1780. The molecule has 0 spiro atoms. The minimum Gasteiger partial charge on any atom is -0.417 e. The zero-order valence-corrected chi connectivity index (χ0v) is 31.4. The maximum Gasteiger partial charge on any atom is 0.277 e. The quantitative estimate of drug-likeness (QED) is 0.0946. The van der Waals surface area contributed by atoms with E-state index in [1.807, 2.05) is 10.7 Å². The molecule has 4 rings (SSSR count). The molecule has 0 aliphatic rings. The van der Waals surface area contributed by atoms with Crippen molar-refractivity contribution in [2.45, 2.75) is 97.6 Å². The molecule has 4 heterocycles. The fraction of sp³-hybridized carbons (Fsp3) is 0.545. The summed E-state index contributed by atoms with van der Waals surface area (Å²) in [5.41, 5.74) is 1.83.